The van der Waals surface area contributed by atoms with Crippen molar-refractivity contribution in [2.45, 2.75) is 31.8 Å². The Bertz CT molecular complexity index is 1200. The Kier molecular flexibility index (Phi) is 4.13. The Morgan fingerprint density at radius 2 is 1.93 bits per heavy atom. The van der Waals surface area contributed by atoms with Gasteiger partial charge in [-0.1, -0.05) is 42.5 Å². The Labute approximate surface area is 172 Å². The minimum Gasteiger partial charge on any atom is -0.460 e. The number of hydrogen-bond acceptors (Lipinski definition) is 5. The summed E-state index contributed by atoms with van der Waals surface area (Å²) < 4.78 is 10.8. The van der Waals surface area contributed by atoms with Crippen LogP contribution in [0, 0.1) is 0 Å². The summed E-state index contributed by atoms with van der Waals surface area (Å²) >= 11 is 0. The lowest BCUT2D eigenvalue weighted by atomic mass is 9.92. The molecule has 1 aliphatic heterocycles. The first kappa shape index (κ1) is 18.4. The van der Waals surface area contributed by atoms with E-state index in [1.807, 2.05) is 30.3 Å². The molecule has 3 amide bonds. The van der Waals surface area contributed by atoms with Crippen LogP contribution in [0.25, 0.3) is 11.0 Å². The zero-order chi connectivity index (χ0) is 20.9. The largest absolute Gasteiger partial charge is 0.460 e. The molecular weight excluding hydrogens is 384 g/mol. The van der Waals surface area contributed by atoms with Crippen molar-refractivity contribution in [3.8, 4) is 0 Å². The van der Waals surface area contributed by atoms with Crippen LogP contribution in [0.2, 0.25) is 0 Å². The first-order valence-electron chi connectivity index (χ1n) is 9.95. The van der Waals surface area contributed by atoms with E-state index >= 15 is 0 Å². The number of esters is 1. The summed E-state index contributed by atoms with van der Waals surface area (Å²) in [5.41, 5.74) is 1.83. The minimum absolute atomic E-state index is 0.0198. The third kappa shape index (κ3) is 2.55. The summed E-state index contributed by atoms with van der Waals surface area (Å²) in [7, 11) is 0. The number of rotatable bonds is 4. The third-order valence-corrected chi connectivity index (χ3v) is 5.90. The van der Waals surface area contributed by atoms with E-state index in [1.54, 1.807) is 25.1 Å². The number of nitrogens with one attached hydrogen (secondary N) is 1. The summed E-state index contributed by atoms with van der Waals surface area (Å²) in [6.45, 7) is 1.83. The van der Waals surface area contributed by atoms with Gasteiger partial charge in [0.25, 0.3) is 5.91 Å². The van der Waals surface area contributed by atoms with Crippen LogP contribution in [0.5, 0.6) is 0 Å². The lowest BCUT2D eigenvalue weighted by Crippen LogP contribution is -2.41. The summed E-state index contributed by atoms with van der Waals surface area (Å²) in [6.07, 6.45) is 1.24. The van der Waals surface area contributed by atoms with Gasteiger partial charge in [0.05, 0.1) is 13.2 Å². The summed E-state index contributed by atoms with van der Waals surface area (Å²) in [5, 5.41) is 3.59. The maximum absolute atomic E-state index is 13.5. The fourth-order valence-corrected chi connectivity index (χ4v) is 4.51. The Morgan fingerprint density at radius 3 is 2.77 bits per heavy atom. The fourth-order valence-electron chi connectivity index (χ4n) is 4.51. The number of ether oxygens (including phenoxy) is 1. The molecule has 5 rings (SSSR count). The van der Waals surface area contributed by atoms with Crippen molar-refractivity contribution < 1.29 is 23.5 Å². The van der Waals surface area contributed by atoms with E-state index in [2.05, 4.69) is 5.32 Å². The van der Waals surface area contributed by atoms with Crippen LogP contribution < -0.4 is 5.32 Å². The monoisotopic (exact) mass is 404 g/mol. The number of furan rings is 1. The number of fused-ring (bicyclic) bond motifs is 3. The number of nitrogens with zero attached hydrogens (tertiary/aromatic N) is 1. The number of amides is 3. The molecule has 0 radical (unpaired) electrons. The first-order chi connectivity index (χ1) is 14.5. The number of aryl methyl sites for hydroxylation is 1. The molecule has 1 N–H and O–H groups in total. The zero-order valence-corrected chi connectivity index (χ0v) is 16.4. The van der Waals surface area contributed by atoms with E-state index < -0.39 is 17.5 Å². The number of carbonyl (C=O) groups is 3. The number of hydrogen-bond donors (Lipinski definition) is 1. The lowest BCUT2D eigenvalue weighted by Gasteiger charge is -2.22. The van der Waals surface area contributed by atoms with Crippen LogP contribution in [0.15, 0.2) is 52.9 Å². The fraction of sp³-hybridized carbons (Fsp3) is 0.261. The highest BCUT2D eigenvalue weighted by atomic mass is 16.5. The highest BCUT2D eigenvalue weighted by Crippen LogP contribution is 2.42. The molecule has 152 valence electrons. The van der Waals surface area contributed by atoms with Gasteiger partial charge in [-0.2, -0.15) is 0 Å². The number of carbonyl (C=O) groups excluding carboxylic acids is 3. The molecule has 0 bridgehead atoms. The SMILES string of the molecule is CCOC(=O)c1oc2ccccc2c1CN1C(=O)NC2(CCc3ccccc32)C1=O. The van der Waals surface area contributed by atoms with Gasteiger partial charge in [-0.15, -0.1) is 0 Å². The van der Waals surface area contributed by atoms with Gasteiger partial charge in [0.15, 0.2) is 0 Å². The Balaban J connectivity index is 1.55. The molecule has 2 heterocycles. The molecule has 1 aliphatic carbocycles. The predicted molar refractivity (Wildman–Crippen MR) is 108 cm³/mol. The Morgan fingerprint density at radius 1 is 1.17 bits per heavy atom. The number of imide groups is 1. The maximum atomic E-state index is 13.5. The molecule has 2 aromatic carbocycles. The van der Waals surface area contributed by atoms with Crippen molar-refractivity contribution in [1.29, 1.82) is 0 Å². The summed E-state index contributed by atoms with van der Waals surface area (Å²) in [4.78, 5) is 40.0. The molecule has 1 spiro atoms. The van der Waals surface area contributed by atoms with Crippen molar-refractivity contribution in [1.82, 2.24) is 10.2 Å². The van der Waals surface area contributed by atoms with Gasteiger partial charge in [0, 0.05) is 10.9 Å². The number of benzene rings is 2. The molecule has 1 atom stereocenters. The highest BCUT2D eigenvalue weighted by molar-refractivity contribution is 6.08. The second kappa shape index (κ2) is 6.73. The van der Waals surface area contributed by atoms with Gasteiger partial charge in [-0.05, 0) is 37.0 Å². The maximum Gasteiger partial charge on any atom is 0.374 e. The van der Waals surface area contributed by atoms with Crippen molar-refractivity contribution in [3.63, 3.8) is 0 Å². The topological polar surface area (TPSA) is 88.8 Å². The number of urea groups is 1. The van der Waals surface area contributed by atoms with Crippen LogP contribution in [0.4, 0.5) is 4.79 Å². The van der Waals surface area contributed by atoms with Gasteiger partial charge in [0.2, 0.25) is 5.76 Å². The van der Waals surface area contributed by atoms with E-state index in [0.717, 1.165) is 17.5 Å². The van der Waals surface area contributed by atoms with Gasteiger partial charge >= 0.3 is 12.0 Å². The van der Waals surface area contributed by atoms with Gasteiger partial charge < -0.3 is 14.5 Å². The normalized spacial score (nSPS) is 20.1. The van der Waals surface area contributed by atoms with Crippen LogP contribution in [-0.2, 0) is 28.0 Å². The zero-order valence-electron chi connectivity index (χ0n) is 16.4. The third-order valence-electron chi connectivity index (χ3n) is 5.90. The van der Waals surface area contributed by atoms with Crippen molar-refractivity contribution in [2.24, 2.45) is 0 Å². The van der Waals surface area contributed by atoms with Crippen LogP contribution in [-0.4, -0.2) is 29.4 Å². The van der Waals surface area contributed by atoms with Gasteiger partial charge in [0.1, 0.15) is 11.1 Å². The Hall–Kier alpha value is -3.61. The van der Waals surface area contributed by atoms with Crippen LogP contribution in [0.3, 0.4) is 0 Å². The van der Waals surface area contributed by atoms with Crippen molar-refractivity contribution in [3.05, 3.63) is 71.0 Å². The predicted octanol–water partition coefficient (Wildman–Crippen LogP) is 3.50. The molecule has 2 aliphatic rings. The lowest BCUT2D eigenvalue weighted by molar-refractivity contribution is -0.132. The highest BCUT2D eigenvalue weighted by Gasteiger charge is 2.55. The quantitative estimate of drug-likeness (QED) is 0.531. The molecular formula is C23H20N2O5. The molecule has 1 fully saturated rings. The molecule has 1 aromatic heterocycles. The average Bonchev–Trinajstić information content (AvgIpc) is 3.38. The summed E-state index contributed by atoms with van der Waals surface area (Å²) in [5.74, 6) is -0.902. The molecule has 0 saturated carbocycles. The molecule has 3 aromatic rings. The van der Waals surface area contributed by atoms with E-state index in [1.165, 1.54) is 4.90 Å². The molecule has 1 saturated heterocycles. The standard InChI is InChI=1S/C23H20N2O5/c1-2-29-20(26)19-16(15-8-4-6-10-18(15)30-19)13-25-21(27)23(24-22(25)28)12-11-14-7-3-5-9-17(14)23/h3-10H,2,11-13H2,1H3,(H,24,28). The molecule has 1 unspecified atom stereocenters. The summed E-state index contributed by atoms with van der Waals surface area (Å²) in [6, 6.07) is 14.3. The van der Waals surface area contributed by atoms with Crippen molar-refractivity contribution >= 4 is 28.9 Å². The van der Waals surface area contributed by atoms with Crippen LogP contribution >= 0.6 is 0 Å². The molecule has 30 heavy (non-hydrogen) atoms. The second-order valence-corrected chi connectivity index (χ2v) is 7.51. The van der Waals surface area contributed by atoms with Crippen molar-refractivity contribution in [2.75, 3.05) is 6.61 Å². The van der Waals surface area contributed by atoms with Gasteiger partial charge in [-0.3, -0.25) is 9.69 Å². The molecule has 7 heteroatoms. The smallest absolute Gasteiger partial charge is 0.374 e. The minimum atomic E-state index is -1.04. The van der Waals surface area contributed by atoms with E-state index in [9.17, 15) is 14.4 Å². The van der Waals surface area contributed by atoms with Crippen LogP contribution in [0.1, 0.15) is 40.6 Å². The van der Waals surface area contributed by atoms with E-state index in [0.29, 0.717) is 23.0 Å². The molecule has 7 nitrogen and oxygen atoms in total. The second-order valence-electron chi connectivity index (χ2n) is 7.51. The van der Waals surface area contributed by atoms with Gasteiger partial charge in [-0.25, -0.2) is 9.59 Å². The number of para-hydroxylation sites is 1. The van der Waals surface area contributed by atoms with E-state index in [4.69, 9.17) is 9.15 Å². The van der Waals surface area contributed by atoms with E-state index in [-0.39, 0.29) is 24.8 Å². The first-order valence-corrected chi connectivity index (χ1v) is 9.95. The average molecular weight is 404 g/mol.